The van der Waals surface area contributed by atoms with E-state index in [9.17, 15) is 9.59 Å². The molecule has 0 bridgehead atoms. The van der Waals surface area contributed by atoms with Crippen molar-refractivity contribution in [3.05, 3.63) is 42.9 Å². The molecule has 2 aromatic rings. The van der Waals surface area contributed by atoms with Crippen LogP contribution in [-0.2, 0) is 16.1 Å². The number of carbonyl (C=O) groups is 2. The number of hydrogen-bond donors (Lipinski definition) is 2. The van der Waals surface area contributed by atoms with E-state index in [1.165, 1.54) is 7.05 Å². The summed E-state index contributed by atoms with van der Waals surface area (Å²) in [5, 5.41) is 4.93. The first-order valence-corrected chi connectivity index (χ1v) is 6.87. The van der Waals surface area contributed by atoms with Crippen molar-refractivity contribution in [3.63, 3.8) is 0 Å². The zero-order chi connectivity index (χ0) is 15.8. The van der Waals surface area contributed by atoms with Gasteiger partial charge in [0.2, 0.25) is 0 Å². The Balaban J connectivity index is 1.75. The van der Waals surface area contributed by atoms with Crippen LogP contribution in [0.5, 0.6) is 0 Å². The monoisotopic (exact) mass is 302 g/mol. The van der Waals surface area contributed by atoms with E-state index in [2.05, 4.69) is 15.6 Å². The second-order valence-corrected chi connectivity index (χ2v) is 4.54. The summed E-state index contributed by atoms with van der Waals surface area (Å²) in [6.45, 7) is 0.664. The van der Waals surface area contributed by atoms with E-state index in [-0.39, 0.29) is 12.5 Å². The Labute approximate surface area is 128 Å². The zero-order valence-corrected chi connectivity index (χ0v) is 12.3. The van der Waals surface area contributed by atoms with E-state index >= 15 is 0 Å². The lowest BCUT2D eigenvalue weighted by Crippen LogP contribution is -2.32. The molecule has 22 heavy (non-hydrogen) atoms. The number of rotatable bonds is 6. The van der Waals surface area contributed by atoms with E-state index in [1.54, 1.807) is 6.33 Å². The maximum Gasteiger partial charge on any atom is 0.407 e. The van der Waals surface area contributed by atoms with Gasteiger partial charge in [-0.25, -0.2) is 9.78 Å². The van der Waals surface area contributed by atoms with Crippen molar-refractivity contribution in [2.45, 2.75) is 6.54 Å². The summed E-state index contributed by atoms with van der Waals surface area (Å²) in [5.74, 6) is -0.350. The number of aromatic nitrogens is 2. The van der Waals surface area contributed by atoms with Crippen molar-refractivity contribution in [1.29, 1.82) is 0 Å². The molecule has 0 aliphatic heterocycles. The number of alkyl carbamates (subject to hydrolysis) is 1. The molecule has 0 saturated carbocycles. The molecule has 0 aliphatic carbocycles. The van der Waals surface area contributed by atoms with Crippen LogP contribution in [0.2, 0.25) is 0 Å². The van der Waals surface area contributed by atoms with E-state index in [4.69, 9.17) is 4.74 Å². The van der Waals surface area contributed by atoms with Crippen LogP contribution in [0.4, 0.5) is 4.79 Å². The van der Waals surface area contributed by atoms with Crippen molar-refractivity contribution in [2.24, 2.45) is 0 Å². The molecule has 1 aromatic carbocycles. The number of nitrogens with one attached hydrogen (secondary N) is 2. The maximum absolute atomic E-state index is 11.3. The van der Waals surface area contributed by atoms with Gasteiger partial charge in [0.05, 0.1) is 12.0 Å². The second kappa shape index (κ2) is 7.82. The number of amides is 2. The average molecular weight is 302 g/mol. The Bertz CT molecular complexity index is 625. The minimum absolute atomic E-state index is 0.286. The quantitative estimate of drug-likeness (QED) is 0.834. The summed E-state index contributed by atoms with van der Waals surface area (Å²) in [6, 6.07) is 9.84. The van der Waals surface area contributed by atoms with Crippen LogP contribution in [0.25, 0.3) is 11.3 Å². The molecule has 1 aromatic heterocycles. The summed E-state index contributed by atoms with van der Waals surface area (Å²) < 4.78 is 6.60. The Hall–Kier alpha value is -2.83. The molecule has 0 saturated heterocycles. The summed E-state index contributed by atoms with van der Waals surface area (Å²) in [7, 11) is 1.48. The first-order valence-electron chi connectivity index (χ1n) is 6.87. The number of benzene rings is 1. The highest BCUT2D eigenvalue weighted by Crippen LogP contribution is 2.15. The zero-order valence-electron chi connectivity index (χ0n) is 12.3. The van der Waals surface area contributed by atoms with Gasteiger partial charge in [-0.05, 0) is 0 Å². The SMILES string of the molecule is CNC(=O)COC(=O)NCCn1cnc(-c2ccccc2)c1. The second-order valence-electron chi connectivity index (χ2n) is 4.54. The Morgan fingerprint density at radius 1 is 1.27 bits per heavy atom. The van der Waals surface area contributed by atoms with Gasteiger partial charge in [-0.2, -0.15) is 0 Å². The third-order valence-electron chi connectivity index (χ3n) is 2.96. The summed E-state index contributed by atoms with van der Waals surface area (Å²) in [5.41, 5.74) is 1.92. The average Bonchev–Trinajstić information content (AvgIpc) is 3.02. The van der Waals surface area contributed by atoms with Gasteiger partial charge in [0, 0.05) is 31.9 Å². The number of hydrogen-bond acceptors (Lipinski definition) is 4. The van der Waals surface area contributed by atoms with Crippen LogP contribution >= 0.6 is 0 Å². The van der Waals surface area contributed by atoms with Crippen LogP contribution in [0, 0.1) is 0 Å². The summed E-state index contributed by atoms with van der Waals surface area (Å²) >= 11 is 0. The molecule has 7 heteroatoms. The molecule has 0 radical (unpaired) electrons. The maximum atomic E-state index is 11.3. The Kier molecular flexibility index (Phi) is 5.53. The summed E-state index contributed by atoms with van der Waals surface area (Å²) in [4.78, 5) is 26.6. The van der Waals surface area contributed by atoms with Gasteiger partial charge in [0.1, 0.15) is 0 Å². The Morgan fingerprint density at radius 3 is 2.77 bits per heavy atom. The number of likely N-dealkylation sites (N-methyl/N-ethyl adjacent to an activating group) is 1. The van der Waals surface area contributed by atoms with Crippen LogP contribution in [0.3, 0.4) is 0 Å². The largest absolute Gasteiger partial charge is 0.439 e. The lowest BCUT2D eigenvalue weighted by atomic mass is 10.2. The lowest BCUT2D eigenvalue weighted by Gasteiger charge is -2.06. The normalized spacial score (nSPS) is 10.0. The van der Waals surface area contributed by atoms with Gasteiger partial charge in [0.25, 0.3) is 5.91 Å². The smallest absolute Gasteiger partial charge is 0.407 e. The van der Waals surface area contributed by atoms with E-state index in [1.807, 2.05) is 41.1 Å². The lowest BCUT2D eigenvalue weighted by molar-refractivity contribution is -0.123. The van der Waals surface area contributed by atoms with Crippen LogP contribution in [-0.4, -0.2) is 41.8 Å². The molecule has 2 amide bonds. The Morgan fingerprint density at radius 2 is 2.05 bits per heavy atom. The molecule has 0 atom stereocenters. The molecule has 0 spiro atoms. The van der Waals surface area contributed by atoms with Gasteiger partial charge in [-0.3, -0.25) is 4.79 Å². The first kappa shape index (κ1) is 15.6. The molecule has 2 rings (SSSR count). The standard InChI is InChI=1S/C15H18N4O3/c1-16-14(20)10-22-15(21)17-7-8-19-9-13(18-11-19)12-5-3-2-4-6-12/h2-6,9,11H,7-8,10H2,1H3,(H,16,20)(H,17,21). The highest BCUT2D eigenvalue weighted by atomic mass is 16.6. The number of imidazole rings is 1. The van der Waals surface area contributed by atoms with Crippen molar-refractivity contribution in [1.82, 2.24) is 20.2 Å². The van der Waals surface area contributed by atoms with Crippen LogP contribution < -0.4 is 10.6 Å². The van der Waals surface area contributed by atoms with Crippen molar-refractivity contribution < 1.29 is 14.3 Å². The molecule has 0 fully saturated rings. The number of ether oxygens (including phenoxy) is 1. The topological polar surface area (TPSA) is 85.2 Å². The molecular formula is C15H18N4O3. The van der Waals surface area contributed by atoms with Crippen LogP contribution in [0.1, 0.15) is 0 Å². The van der Waals surface area contributed by atoms with Gasteiger partial charge in [0.15, 0.2) is 6.61 Å². The predicted molar refractivity (Wildman–Crippen MR) is 81.1 cm³/mol. The van der Waals surface area contributed by atoms with Gasteiger partial charge >= 0.3 is 6.09 Å². The molecule has 1 heterocycles. The molecule has 0 unspecified atom stereocenters. The molecule has 116 valence electrons. The third kappa shape index (κ3) is 4.62. The number of nitrogens with zero attached hydrogens (tertiary/aromatic N) is 2. The summed E-state index contributed by atoms with van der Waals surface area (Å²) in [6.07, 6.45) is 3.00. The fourth-order valence-corrected chi connectivity index (χ4v) is 1.78. The third-order valence-corrected chi connectivity index (χ3v) is 2.96. The fourth-order valence-electron chi connectivity index (χ4n) is 1.78. The first-order chi connectivity index (χ1) is 10.7. The highest BCUT2D eigenvalue weighted by molar-refractivity contribution is 5.79. The number of carbonyl (C=O) groups excluding carboxylic acids is 2. The molecular weight excluding hydrogens is 284 g/mol. The van der Waals surface area contributed by atoms with E-state index < -0.39 is 6.09 Å². The van der Waals surface area contributed by atoms with Gasteiger partial charge in [-0.15, -0.1) is 0 Å². The fraction of sp³-hybridized carbons (Fsp3) is 0.267. The van der Waals surface area contributed by atoms with Crippen molar-refractivity contribution in [3.8, 4) is 11.3 Å². The van der Waals surface area contributed by atoms with E-state index in [0.717, 1.165) is 11.3 Å². The predicted octanol–water partition coefficient (Wildman–Crippen LogP) is 1.02. The molecule has 7 nitrogen and oxygen atoms in total. The minimum atomic E-state index is -0.619. The highest BCUT2D eigenvalue weighted by Gasteiger charge is 2.05. The van der Waals surface area contributed by atoms with Gasteiger partial charge < -0.3 is 19.9 Å². The van der Waals surface area contributed by atoms with Crippen LogP contribution in [0.15, 0.2) is 42.9 Å². The molecule has 0 aliphatic rings. The molecule has 2 N–H and O–H groups in total. The van der Waals surface area contributed by atoms with Crippen molar-refractivity contribution in [2.75, 3.05) is 20.2 Å². The van der Waals surface area contributed by atoms with E-state index in [0.29, 0.717) is 13.1 Å². The van der Waals surface area contributed by atoms with Gasteiger partial charge in [-0.1, -0.05) is 30.3 Å². The van der Waals surface area contributed by atoms with Crippen molar-refractivity contribution >= 4 is 12.0 Å². The minimum Gasteiger partial charge on any atom is -0.439 e.